The molecule has 2 N–H and O–H groups in total. The van der Waals surface area contributed by atoms with E-state index < -0.39 is 12.1 Å². The molecule has 1 aromatic carbocycles. The third-order valence-electron chi connectivity index (χ3n) is 5.77. The summed E-state index contributed by atoms with van der Waals surface area (Å²) in [5, 5.41) is 31.1. The number of benzene rings is 1. The van der Waals surface area contributed by atoms with Gasteiger partial charge in [0, 0.05) is 29.1 Å². The zero-order chi connectivity index (χ0) is 26.1. The molecule has 37 heavy (non-hydrogen) atoms. The highest BCUT2D eigenvalue weighted by atomic mass is 32.1. The number of aliphatic hydroxyl groups excluding tert-OH is 1. The van der Waals surface area contributed by atoms with Crippen molar-refractivity contribution in [2.75, 3.05) is 0 Å². The van der Waals surface area contributed by atoms with Crippen LogP contribution >= 0.6 is 12.6 Å². The molecule has 12 nitrogen and oxygen atoms in total. The molecule has 4 heterocycles. The summed E-state index contributed by atoms with van der Waals surface area (Å²) in [5.74, 6) is 0.990. The Morgan fingerprint density at radius 2 is 1.97 bits per heavy atom. The summed E-state index contributed by atoms with van der Waals surface area (Å²) >= 11 is 4.22. The minimum absolute atomic E-state index is 0.107. The number of aliphatic hydroxyl groups is 1. The summed E-state index contributed by atoms with van der Waals surface area (Å²) in [6.07, 6.45) is 0.686. The molecule has 2 unspecified atom stereocenters. The number of hydrogen-bond donors (Lipinski definition) is 3. The number of aryl methyl sites for hydroxylation is 1. The smallest absolute Gasteiger partial charge is 0.253 e. The molecular formula is C24H24N8O4S. The summed E-state index contributed by atoms with van der Waals surface area (Å²) in [4.78, 5) is 21.1. The van der Waals surface area contributed by atoms with Crippen molar-refractivity contribution < 1.29 is 19.2 Å². The number of nitrogens with zero attached hydrogens (tertiary/aromatic N) is 7. The van der Waals surface area contributed by atoms with Crippen molar-refractivity contribution in [1.29, 1.82) is 0 Å². The van der Waals surface area contributed by atoms with Crippen LogP contribution in [0.2, 0.25) is 0 Å². The molecule has 0 aliphatic rings. The van der Waals surface area contributed by atoms with Crippen molar-refractivity contribution in [1.82, 2.24) is 40.3 Å². The van der Waals surface area contributed by atoms with E-state index in [0.717, 1.165) is 10.8 Å². The molecule has 5 aromatic rings. The number of aromatic nitrogens is 7. The maximum atomic E-state index is 12.5. The molecule has 0 radical (unpaired) electrons. The third kappa shape index (κ3) is 4.95. The molecule has 1 amide bonds. The van der Waals surface area contributed by atoms with Crippen LogP contribution < -0.4 is 10.1 Å². The average molecular weight is 521 g/mol. The predicted molar refractivity (Wildman–Crippen MR) is 136 cm³/mol. The van der Waals surface area contributed by atoms with Gasteiger partial charge in [0.1, 0.15) is 6.61 Å². The molecule has 3 atom stereocenters. The van der Waals surface area contributed by atoms with Crippen LogP contribution in [0, 0.1) is 6.92 Å². The lowest BCUT2D eigenvalue weighted by molar-refractivity contribution is 0.0854. The molecule has 0 bridgehead atoms. The molecule has 13 heteroatoms. The molecule has 0 saturated carbocycles. The van der Waals surface area contributed by atoms with E-state index in [4.69, 9.17) is 9.26 Å². The van der Waals surface area contributed by atoms with Crippen LogP contribution in [-0.4, -0.2) is 63.3 Å². The van der Waals surface area contributed by atoms with Crippen molar-refractivity contribution in [3.05, 3.63) is 59.7 Å². The normalized spacial score (nSPS) is 14.0. The SMILES string of the molecule is Cc1nc(-c2nnc3c4ccccc4c(OCc4ccc(C(=O)N[C@H](C)C(O)C(C)S)cn4)nn23)no1. The van der Waals surface area contributed by atoms with E-state index in [1.807, 2.05) is 24.3 Å². The van der Waals surface area contributed by atoms with Crippen molar-refractivity contribution in [2.24, 2.45) is 0 Å². The van der Waals surface area contributed by atoms with Gasteiger partial charge in [0.25, 0.3) is 5.91 Å². The maximum absolute atomic E-state index is 12.5. The van der Waals surface area contributed by atoms with Crippen molar-refractivity contribution in [2.45, 2.75) is 44.8 Å². The van der Waals surface area contributed by atoms with Crippen LogP contribution in [0.4, 0.5) is 0 Å². The minimum Gasteiger partial charge on any atom is -0.470 e. The molecule has 0 aliphatic heterocycles. The van der Waals surface area contributed by atoms with Gasteiger partial charge >= 0.3 is 0 Å². The Morgan fingerprint density at radius 3 is 2.65 bits per heavy atom. The standard InChI is InChI=1S/C24H24N8O4S/c1-12(19(33)13(2)37)26-23(34)15-8-9-16(25-10-15)11-35-24-18-7-5-4-6-17(18)21-28-29-22(32(21)30-24)20-27-14(3)36-31-20/h4-10,12-13,19,33,37H,11H2,1-3H3,(H,26,34)/t12-,13?,19?/m1/s1. The third-order valence-corrected chi connectivity index (χ3v) is 6.07. The summed E-state index contributed by atoms with van der Waals surface area (Å²) in [7, 11) is 0. The number of carbonyl (C=O) groups excluding carboxylic acids is 1. The van der Waals surface area contributed by atoms with Crippen molar-refractivity contribution in [3.8, 4) is 17.5 Å². The molecule has 5 rings (SSSR count). The van der Waals surface area contributed by atoms with Crippen molar-refractivity contribution in [3.63, 3.8) is 0 Å². The van der Waals surface area contributed by atoms with Crippen LogP contribution in [0.1, 0.15) is 35.8 Å². The number of carbonyl (C=O) groups is 1. The number of hydrogen-bond acceptors (Lipinski definition) is 11. The first-order valence-corrected chi connectivity index (χ1v) is 12.0. The fourth-order valence-electron chi connectivity index (χ4n) is 3.77. The average Bonchev–Trinajstić information content (AvgIpc) is 3.52. The Hall–Kier alpha value is -4.10. The summed E-state index contributed by atoms with van der Waals surface area (Å²) in [6, 6.07) is 10.4. The Kier molecular flexibility index (Phi) is 6.72. The number of pyridine rings is 1. The first-order valence-electron chi connectivity index (χ1n) is 11.5. The number of amides is 1. The molecule has 190 valence electrons. The van der Waals surface area contributed by atoms with Gasteiger partial charge in [0.2, 0.25) is 23.4 Å². The monoisotopic (exact) mass is 520 g/mol. The van der Waals surface area contributed by atoms with Crippen LogP contribution in [0.25, 0.3) is 28.1 Å². The zero-order valence-corrected chi connectivity index (χ0v) is 21.1. The van der Waals surface area contributed by atoms with Crippen LogP contribution in [0.15, 0.2) is 47.1 Å². The number of fused-ring (bicyclic) bond motifs is 3. The largest absolute Gasteiger partial charge is 0.470 e. The van der Waals surface area contributed by atoms with Gasteiger partial charge in [0.05, 0.1) is 23.4 Å². The van der Waals surface area contributed by atoms with Gasteiger partial charge in [-0.2, -0.15) is 22.1 Å². The van der Waals surface area contributed by atoms with Gasteiger partial charge in [0.15, 0.2) is 5.65 Å². The lowest BCUT2D eigenvalue weighted by Crippen LogP contribution is -2.44. The van der Waals surface area contributed by atoms with E-state index in [9.17, 15) is 9.90 Å². The molecule has 0 aliphatic carbocycles. The van der Waals surface area contributed by atoms with Gasteiger partial charge in [-0.15, -0.1) is 15.3 Å². The van der Waals surface area contributed by atoms with Gasteiger partial charge in [-0.25, -0.2) is 0 Å². The summed E-state index contributed by atoms with van der Waals surface area (Å²) < 4.78 is 12.6. The Balaban J connectivity index is 1.37. The van der Waals surface area contributed by atoms with Crippen LogP contribution in [0.5, 0.6) is 5.88 Å². The second kappa shape index (κ2) is 10.1. The highest BCUT2D eigenvalue weighted by Gasteiger charge is 2.22. The summed E-state index contributed by atoms with van der Waals surface area (Å²) in [6.45, 7) is 5.28. The number of ether oxygens (including phenoxy) is 1. The van der Waals surface area contributed by atoms with Gasteiger partial charge < -0.3 is 19.7 Å². The Bertz CT molecular complexity index is 1570. The van der Waals surface area contributed by atoms with Crippen LogP contribution in [-0.2, 0) is 6.61 Å². The maximum Gasteiger partial charge on any atom is 0.253 e. The van der Waals surface area contributed by atoms with Crippen LogP contribution in [0.3, 0.4) is 0 Å². The lowest BCUT2D eigenvalue weighted by Gasteiger charge is -2.22. The Morgan fingerprint density at radius 1 is 1.19 bits per heavy atom. The van der Waals surface area contributed by atoms with E-state index in [0.29, 0.717) is 34.5 Å². The predicted octanol–water partition coefficient (Wildman–Crippen LogP) is 2.41. The second-order valence-corrected chi connectivity index (χ2v) is 9.38. The fourth-order valence-corrected chi connectivity index (χ4v) is 4.03. The van der Waals surface area contributed by atoms with E-state index in [-0.39, 0.29) is 23.6 Å². The number of nitrogens with one attached hydrogen (secondary N) is 1. The second-order valence-electron chi connectivity index (χ2n) is 8.57. The first kappa shape index (κ1) is 24.6. The van der Waals surface area contributed by atoms with E-state index >= 15 is 0 Å². The van der Waals surface area contributed by atoms with E-state index in [1.54, 1.807) is 32.9 Å². The molecule has 0 spiro atoms. The van der Waals surface area contributed by atoms with Gasteiger partial charge in [-0.3, -0.25) is 9.78 Å². The van der Waals surface area contributed by atoms with Crippen molar-refractivity contribution >= 4 is 35.0 Å². The molecule has 4 aromatic heterocycles. The zero-order valence-electron chi connectivity index (χ0n) is 20.2. The first-order chi connectivity index (χ1) is 17.8. The van der Waals surface area contributed by atoms with Gasteiger partial charge in [-0.1, -0.05) is 30.3 Å². The molecule has 0 fully saturated rings. The van der Waals surface area contributed by atoms with Gasteiger partial charge in [-0.05, 0) is 25.1 Å². The number of rotatable bonds is 8. The molecular weight excluding hydrogens is 496 g/mol. The van der Waals surface area contributed by atoms with E-state index in [2.05, 4.69) is 48.4 Å². The minimum atomic E-state index is -0.775. The van der Waals surface area contributed by atoms with E-state index in [1.165, 1.54) is 10.7 Å². The number of thiol groups is 1. The summed E-state index contributed by atoms with van der Waals surface area (Å²) in [5.41, 5.74) is 1.49. The lowest BCUT2D eigenvalue weighted by atomic mass is 10.1. The quantitative estimate of drug-likeness (QED) is 0.260. The molecule has 0 saturated heterocycles. The topological polar surface area (TPSA) is 153 Å². The fraction of sp³-hybridized carbons (Fsp3) is 0.292. The Labute approximate surface area is 216 Å². The highest BCUT2D eigenvalue weighted by Crippen LogP contribution is 2.28. The highest BCUT2D eigenvalue weighted by molar-refractivity contribution is 7.81.